The number of benzene rings is 1. The number of guanidine groups is 1. The lowest BCUT2D eigenvalue weighted by molar-refractivity contribution is 0.448. The van der Waals surface area contributed by atoms with Gasteiger partial charge in [0.2, 0.25) is 5.96 Å². The van der Waals surface area contributed by atoms with Crippen LogP contribution in [0.1, 0.15) is 36.6 Å². The van der Waals surface area contributed by atoms with Gasteiger partial charge < -0.3 is 11.1 Å². The number of nitrogens with one attached hydrogen (secondary N) is 1. The fraction of sp³-hybridized carbons (Fsp3) is 0.375. The van der Waals surface area contributed by atoms with Gasteiger partial charge in [0.05, 0.1) is 6.04 Å². The molecule has 2 unspecified atom stereocenters. The van der Waals surface area contributed by atoms with Gasteiger partial charge >= 0.3 is 0 Å². The smallest absolute Gasteiger partial charge is 0.221 e. The average molecular weight is 270 g/mol. The molecule has 20 heavy (non-hydrogen) atoms. The number of hydrogen-bond donors (Lipinski definition) is 2. The standard InChI is InChI=1S/C16H22N4/c1-5-18-16(17)20-12(4)19-15-11(3)9-13-7-6-10(2)8-14(13)15/h5-8,11,15,19H,4,9H2,1-3H3,(H2,17,20). The Hall–Kier alpha value is -2.10. The van der Waals surface area contributed by atoms with Gasteiger partial charge in [0, 0.05) is 6.21 Å². The van der Waals surface area contributed by atoms with Gasteiger partial charge in [-0.3, -0.25) is 0 Å². The molecule has 0 aromatic heterocycles. The van der Waals surface area contributed by atoms with Crippen LogP contribution in [0, 0.1) is 12.8 Å². The minimum absolute atomic E-state index is 0.222. The van der Waals surface area contributed by atoms with E-state index in [0.29, 0.717) is 11.7 Å². The maximum atomic E-state index is 5.66. The highest BCUT2D eigenvalue weighted by Crippen LogP contribution is 2.36. The first-order valence-electron chi connectivity index (χ1n) is 6.89. The van der Waals surface area contributed by atoms with E-state index < -0.39 is 0 Å². The number of aliphatic imine (C=N–C) groups is 2. The van der Waals surface area contributed by atoms with Crippen LogP contribution in [0.3, 0.4) is 0 Å². The van der Waals surface area contributed by atoms with Gasteiger partial charge in [-0.25, -0.2) is 4.99 Å². The Morgan fingerprint density at radius 3 is 2.95 bits per heavy atom. The molecule has 1 aliphatic carbocycles. The molecule has 0 amide bonds. The largest absolute Gasteiger partial charge is 0.368 e. The molecule has 0 bridgehead atoms. The predicted octanol–water partition coefficient (Wildman–Crippen LogP) is 2.69. The molecule has 106 valence electrons. The Kier molecular flexibility index (Phi) is 4.23. The number of nitrogens with zero attached hydrogens (tertiary/aromatic N) is 2. The first-order chi connectivity index (χ1) is 9.51. The third kappa shape index (κ3) is 3.07. The molecule has 0 saturated heterocycles. The number of hydrogen-bond acceptors (Lipinski definition) is 2. The Balaban J connectivity index is 2.17. The van der Waals surface area contributed by atoms with Gasteiger partial charge in [-0.2, -0.15) is 4.99 Å². The molecule has 0 heterocycles. The fourth-order valence-electron chi connectivity index (χ4n) is 2.69. The lowest BCUT2D eigenvalue weighted by atomic mass is 10.0. The van der Waals surface area contributed by atoms with Crippen molar-refractivity contribution in [3.05, 3.63) is 47.3 Å². The molecule has 0 aliphatic heterocycles. The summed E-state index contributed by atoms with van der Waals surface area (Å²) in [6.07, 6.45) is 2.69. The summed E-state index contributed by atoms with van der Waals surface area (Å²) in [5.41, 5.74) is 9.68. The van der Waals surface area contributed by atoms with Gasteiger partial charge in [0.15, 0.2) is 0 Å². The third-order valence-electron chi connectivity index (χ3n) is 3.58. The first-order valence-corrected chi connectivity index (χ1v) is 6.89. The van der Waals surface area contributed by atoms with Crippen LogP contribution in [-0.2, 0) is 6.42 Å². The maximum Gasteiger partial charge on any atom is 0.221 e. The van der Waals surface area contributed by atoms with Crippen LogP contribution in [0.2, 0.25) is 0 Å². The van der Waals surface area contributed by atoms with Crippen molar-refractivity contribution in [1.82, 2.24) is 5.32 Å². The summed E-state index contributed by atoms with van der Waals surface area (Å²) in [5.74, 6) is 1.29. The summed E-state index contributed by atoms with van der Waals surface area (Å²) in [5, 5.41) is 3.37. The van der Waals surface area contributed by atoms with E-state index >= 15 is 0 Å². The summed E-state index contributed by atoms with van der Waals surface area (Å²) < 4.78 is 0. The Morgan fingerprint density at radius 2 is 2.25 bits per heavy atom. The van der Waals surface area contributed by atoms with Gasteiger partial charge in [-0.1, -0.05) is 37.3 Å². The van der Waals surface area contributed by atoms with Crippen LogP contribution < -0.4 is 11.1 Å². The minimum Gasteiger partial charge on any atom is -0.368 e. The number of fused-ring (bicyclic) bond motifs is 1. The fourth-order valence-corrected chi connectivity index (χ4v) is 2.69. The molecular weight excluding hydrogens is 248 g/mol. The Bertz CT molecular complexity index is 572. The highest BCUT2D eigenvalue weighted by atomic mass is 15.1. The van der Waals surface area contributed by atoms with E-state index in [1.807, 2.05) is 0 Å². The van der Waals surface area contributed by atoms with Crippen molar-refractivity contribution in [2.75, 3.05) is 0 Å². The Morgan fingerprint density at radius 1 is 1.50 bits per heavy atom. The van der Waals surface area contributed by atoms with E-state index in [9.17, 15) is 0 Å². The van der Waals surface area contributed by atoms with Crippen molar-refractivity contribution in [2.45, 2.75) is 33.2 Å². The van der Waals surface area contributed by atoms with Crippen molar-refractivity contribution >= 4 is 12.2 Å². The second kappa shape index (κ2) is 5.90. The minimum atomic E-state index is 0.222. The van der Waals surface area contributed by atoms with Gasteiger partial charge in [-0.15, -0.1) is 0 Å². The molecule has 1 aromatic rings. The van der Waals surface area contributed by atoms with E-state index in [0.717, 1.165) is 6.42 Å². The van der Waals surface area contributed by atoms with Crippen LogP contribution in [0.5, 0.6) is 0 Å². The normalized spacial score (nSPS) is 22.1. The quantitative estimate of drug-likeness (QED) is 0.655. The zero-order valence-corrected chi connectivity index (χ0v) is 12.4. The second-order valence-electron chi connectivity index (χ2n) is 5.31. The van der Waals surface area contributed by atoms with E-state index in [4.69, 9.17) is 5.73 Å². The van der Waals surface area contributed by atoms with Crippen molar-refractivity contribution in [2.24, 2.45) is 21.6 Å². The van der Waals surface area contributed by atoms with Crippen molar-refractivity contribution < 1.29 is 0 Å². The van der Waals surface area contributed by atoms with E-state index in [-0.39, 0.29) is 12.0 Å². The molecule has 2 atom stereocenters. The highest BCUT2D eigenvalue weighted by Gasteiger charge is 2.29. The summed E-state index contributed by atoms with van der Waals surface area (Å²) in [7, 11) is 0. The number of aryl methyl sites for hydroxylation is 1. The number of rotatable bonds is 3. The topological polar surface area (TPSA) is 62.8 Å². The summed E-state index contributed by atoms with van der Waals surface area (Å²) in [4.78, 5) is 8.07. The molecule has 0 fully saturated rings. The molecule has 1 aliphatic rings. The van der Waals surface area contributed by atoms with Gasteiger partial charge in [0.25, 0.3) is 0 Å². The lowest BCUT2D eigenvalue weighted by Gasteiger charge is -2.20. The van der Waals surface area contributed by atoms with E-state index in [2.05, 4.69) is 53.9 Å². The molecule has 3 N–H and O–H groups in total. The number of nitrogens with two attached hydrogens (primary N) is 1. The molecule has 1 aromatic carbocycles. The zero-order chi connectivity index (χ0) is 14.7. The molecule has 4 heteroatoms. The Labute approximate surface area is 120 Å². The van der Waals surface area contributed by atoms with Crippen molar-refractivity contribution in [1.29, 1.82) is 0 Å². The maximum absolute atomic E-state index is 5.66. The SMILES string of the molecule is C=C(N=C(N)N=CC)NC1c2cc(C)ccc2CC1C. The zero-order valence-electron chi connectivity index (χ0n) is 12.4. The average Bonchev–Trinajstić information content (AvgIpc) is 2.66. The third-order valence-corrected chi connectivity index (χ3v) is 3.58. The van der Waals surface area contributed by atoms with E-state index in [1.54, 1.807) is 13.1 Å². The van der Waals surface area contributed by atoms with Crippen molar-refractivity contribution in [3.63, 3.8) is 0 Å². The van der Waals surface area contributed by atoms with Crippen LogP contribution in [0.25, 0.3) is 0 Å². The van der Waals surface area contributed by atoms with Gasteiger partial charge in [-0.05, 0) is 37.3 Å². The van der Waals surface area contributed by atoms with Crippen LogP contribution in [0.15, 0.2) is 40.6 Å². The lowest BCUT2D eigenvalue weighted by Crippen LogP contribution is -2.23. The monoisotopic (exact) mass is 270 g/mol. The summed E-state index contributed by atoms with van der Waals surface area (Å²) >= 11 is 0. The first kappa shape index (κ1) is 14.3. The van der Waals surface area contributed by atoms with E-state index in [1.165, 1.54) is 16.7 Å². The molecular formula is C16H22N4. The van der Waals surface area contributed by atoms with Crippen molar-refractivity contribution in [3.8, 4) is 0 Å². The molecule has 2 rings (SSSR count). The second-order valence-corrected chi connectivity index (χ2v) is 5.31. The molecule has 0 saturated carbocycles. The van der Waals surface area contributed by atoms with Crippen LogP contribution in [-0.4, -0.2) is 12.2 Å². The van der Waals surface area contributed by atoms with Crippen LogP contribution >= 0.6 is 0 Å². The molecule has 4 nitrogen and oxygen atoms in total. The van der Waals surface area contributed by atoms with Gasteiger partial charge in [0.1, 0.15) is 5.82 Å². The highest BCUT2D eigenvalue weighted by molar-refractivity contribution is 5.86. The summed E-state index contributed by atoms with van der Waals surface area (Å²) in [6, 6.07) is 6.85. The van der Waals surface area contributed by atoms with Crippen LogP contribution in [0.4, 0.5) is 0 Å². The predicted molar refractivity (Wildman–Crippen MR) is 84.9 cm³/mol. The molecule has 0 radical (unpaired) electrons. The molecule has 0 spiro atoms. The summed E-state index contributed by atoms with van der Waals surface area (Å²) in [6.45, 7) is 10.1.